The molecule has 3 nitrogen and oxygen atoms in total. The first-order valence-corrected chi connectivity index (χ1v) is 7.21. The van der Waals surface area contributed by atoms with Crippen molar-refractivity contribution >= 4 is 15.9 Å². The first-order valence-electron chi connectivity index (χ1n) is 6.42. The van der Waals surface area contributed by atoms with E-state index in [4.69, 9.17) is 4.74 Å². The Morgan fingerprint density at radius 3 is 2.50 bits per heavy atom. The van der Waals surface area contributed by atoms with Crippen LogP contribution in [0.25, 0.3) is 0 Å². The molecular weight excluding hydrogens is 292 g/mol. The predicted octanol–water partition coefficient (Wildman–Crippen LogP) is 2.76. The van der Waals surface area contributed by atoms with Crippen LogP contribution in [0.4, 0.5) is 0 Å². The first-order chi connectivity index (χ1) is 8.68. The van der Waals surface area contributed by atoms with Crippen molar-refractivity contribution in [2.75, 3.05) is 40.3 Å². The van der Waals surface area contributed by atoms with Gasteiger partial charge in [0.15, 0.2) is 0 Å². The Bertz CT molecular complexity index is 314. The number of unbranched alkanes of at least 4 members (excludes halogenated alkanes) is 1. The van der Waals surface area contributed by atoms with Crippen molar-refractivity contribution in [1.29, 1.82) is 0 Å². The molecule has 0 bridgehead atoms. The molecule has 0 saturated heterocycles. The molecule has 1 aromatic rings. The molecular formula is C14H23BrN2O. The zero-order chi connectivity index (χ0) is 13.2. The lowest BCUT2D eigenvalue weighted by Crippen LogP contribution is -2.23. The third-order valence-corrected chi connectivity index (χ3v) is 3.10. The lowest BCUT2D eigenvalue weighted by atomic mass is 10.3. The van der Waals surface area contributed by atoms with Crippen molar-refractivity contribution in [2.24, 2.45) is 0 Å². The smallest absolute Gasteiger partial charge is 0.119 e. The first kappa shape index (κ1) is 15.5. The Morgan fingerprint density at radius 2 is 1.83 bits per heavy atom. The summed E-state index contributed by atoms with van der Waals surface area (Å²) < 4.78 is 6.69. The predicted molar refractivity (Wildman–Crippen MR) is 80.3 cm³/mol. The molecule has 0 aliphatic rings. The highest BCUT2D eigenvalue weighted by molar-refractivity contribution is 9.10. The number of ether oxygens (including phenoxy) is 1. The van der Waals surface area contributed by atoms with Gasteiger partial charge in [-0.05, 0) is 64.3 Å². The van der Waals surface area contributed by atoms with Crippen LogP contribution in [0.5, 0.6) is 5.75 Å². The fraction of sp³-hybridized carbons (Fsp3) is 0.571. The Morgan fingerprint density at radius 1 is 1.11 bits per heavy atom. The van der Waals surface area contributed by atoms with Crippen LogP contribution < -0.4 is 10.1 Å². The standard InChI is InChI=1S/C14H23BrN2O/c1-17(2)11-4-3-9-16-10-12-18-14-7-5-13(15)6-8-14/h5-8,16H,3-4,9-12H2,1-2H3. The van der Waals surface area contributed by atoms with Crippen LogP contribution in [0.2, 0.25) is 0 Å². The van der Waals surface area contributed by atoms with Crippen LogP contribution in [0.15, 0.2) is 28.7 Å². The molecule has 0 amide bonds. The van der Waals surface area contributed by atoms with Crippen molar-refractivity contribution in [2.45, 2.75) is 12.8 Å². The van der Waals surface area contributed by atoms with E-state index in [0.717, 1.165) is 36.5 Å². The summed E-state index contributed by atoms with van der Waals surface area (Å²) in [6.45, 7) is 3.85. The van der Waals surface area contributed by atoms with Crippen LogP contribution in [-0.4, -0.2) is 45.2 Å². The average Bonchev–Trinajstić information content (AvgIpc) is 2.34. The fourth-order valence-electron chi connectivity index (χ4n) is 1.57. The fourth-order valence-corrected chi connectivity index (χ4v) is 1.84. The van der Waals surface area contributed by atoms with E-state index in [0.29, 0.717) is 0 Å². The molecule has 0 heterocycles. The quantitative estimate of drug-likeness (QED) is 0.709. The van der Waals surface area contributed by atoms with E-state index in [1.807, 2.05) is 24.3 Å². The second-order valence-electron chi connectivity index (χ2n) is 4.56. The van der Waals surface area contributed by atoms with E-state index in [9.17, 15) is 0 Å². The minimum atomic E-state index is 0.718. The summed E-state index contributed by atoms with van der Waals surface area (Å²) >= 11 is 3.40. The maximum atomic E-state index is 5.61. The van der Waals surface area contributed by atoms with Gasteiger partial charge >= 0.3 is 0 Å². The van der Waals surface area contributed by atoms with E-state index >= 15 is 0 Å². The molecule has 102 valence electrons. The molecule has 1 N–H and O–H groups in total. The van der Waals surface area contributed by atoms with Crippen LogP contribution in [0.1, 0.15) is 12.8 Å². The van der Waals surface area contributed by atoms with Crippen LogP contribution in [-0.2, 0) is 0 Å². The number of nitrogens with one attached hydrogen (secondary N) is 1. The maximum Gasteiger partial charge on any atom is 0.119 e. The highest BCUT2D eigenvalue weighted by Crippen LogP contribution is 2.15. The Labute approximate surface area is 119 Å². The summed E-state index contributed by atoms with van der Waals surface area (Å²) in [4.78, 5) is 2.22. The Kier molecular flexibility index (Phi) is 8.05. The lowest BCUT2D eigenvalue weighted by molar-refractivity contribution is 0.312. The van der Waals surface area contributed by atoms with Crippen molar-refractivity contribution in [3.63, 3.8) is 0 Å². The number of hydrogen-bond acceptors (Lipinski definition) is 3. The van der Waals surface area contributed by atoms with E-state index in [-0.39, 0.29) is 0 Å². The van der Waals surface area contributed by atoms with Crippen molar-refractivity contribution in [3.05, 3.63) is 28.7 Å². The van der Waals surface area contributed by atoms with Gasteiger partial charge in [-0.1, -0.05) is 15.9 Å². The molecule has 0 radical (unpaired) electrons. The Hall–Kier alpha value is -0.580. The number of benzene rings is 1. The van der Waals surface area contributed by atoms with Gasteiger partial charge in [-0.2, -0.15) is 0 Å². The second kappa shape index (κ2) is 9.36. The normalized spacial score (nSPS) is 10.9. The summed E-state index contributed by atoms with van der Waals surface area (Å²) in [6.07, 6.45) is 2.46. The molecule has 0 saturated carbocycles. The molecule has 0 unspecified atom stereocenters. The second-order valence-corrected chi connectivity index (χ2v) is 5.48. The number of hydrogen-bond donors (Lipinski definition) is 1. The van der Waals surface area contributed by atoms with Gasteiger partial charge in [0.25, 0.3) is 0 Å². The van der Waals surface area contributed by atoms with E-state index in [2.05, 4.69) is 40.2 Å². The van der Waals surface area contributed by atoms with Gasteiger partial charge in [-0.3, -0.25) is 0 Å². The van der Waals surface area contributed by atoms with Crippen molar-refractivity contribution < 1.29 is 4.74 Å². The van der Waals surface area contributed by atoms with Crippen molar-refractivity contribution in [1.82, 2.24) is 10.2 Å². The van der Waals surface area contributed by atoms with Gasteiger partial charge in [0.05, 0.1) is 0 Å². The SMILES string of the molecule is CN(C)CCCCNCCOc1ccc(Br)cc1. The van der Waals surface area contributed by atoms with E-state index in [1.165, 1.54) is 12.8 Å². The van der Waals surface area contributed by atoms with Gasteiger partial charge in [0.1, 0.15) is 12.4 Å². The minimum Gasteiger partial charge on any atom is -0.492 e. The van der Waals surface area contributed by atoms with Crippen molar-refractivity contribution in [3.8, 4) is 5.75 Å². The van der Waals surface area contributed by atoms with Crippen LogP contribution in [0, 0.1) is 0 Å². The molecule has 0 spiro atoms. The topological polar surface area (TPSA) is 24.5 Å². The summed E-state index contributed by atoms with van der Waals surface area (Å²) in [5, 5.41) is 3.39. The summed E-state index contributed by atoms with van der Waals surface area (Å²) in [5.41, 5.74) is 0. The highest BCUT2D eigenvalue weighted by atomic mass is 79.9. The molecule has 0 atom stereocenters. The number of rotatable bonds is 9. The van der Waals surface area contributed by atoms with Crippen LogP contribution >= 0.6 is 15.9 Å². The lowest BCUT2D eigenvalue weighted by Gasteiger charge is -2.10. The summed E-state index contributed by atoms with van der Waals surface area (Å²) in [5.74, 6) is 0.924. The number of halogens is 1. The Balaban J connectivity index is 1.94. The summed E-state index contributed by atoms with van der Waals surface area (Å²) in [6, 6.07) is 7.93. The summed E-state index contributed by atoms with van der Waals surface area (Å²) in [7, 11) is 4.22. The molecule has 0 aliphatic heterocycles. The zero-order valence-corrected chi connectivity index (χ0v) is 12.9. The van der Waals surface area contributed by atoms with Gasteiger partial charge in [-0.15, -0.1) is 0 Å². The molecule has 0 fully saturated rings. The zero-order valence-electron chi connectivity index (χ0n) is 11.3. The monoisotopic (exact) mass is 314 g/mol. The molecule has 1 aromatic carbocycles. The molecule has 4 heteroatoms. The largest absolute Gasteiger partial charge is 0.492 e. The van der Waals surface area contributed by atoms with Gasteiger partial charge in [-0.25, -0.2) is 0 Å². The third-order valence-electron chi connectivity index (χ3n) is 2.57. The molecule has 18 heavy (non-hydrogen) atoms. The van der Waals surface area contributed by atoms with E-state index in [1.54, 1.807) is 0 Å². The van der Waals surface area contributed by atoms with Crippen LogP contribution in [0.3, 0.4) is 0 Å². The highest BCUT2D eigenvalue weighted by Gasteiger charge is 1.94. The maximum absolute atomic E-state index is 5.61. The third kappa shape index (κ3) is 7.69. The van der Waals surface area contributed by atoms with Gasteiger partial charge < -0.3 is 15.0 Å². The van der Waals surface area contributed by atoms with E-state index < -0.39 is 0 Å². The molecule has 0 aliphatic carbocycles. The van der Waals surface area contributed by atoms with Gasteiger partial charge in [0.2, 0.25) is 0 Å². The van der Waals surface area contributed by atoms with Gasteiger partial charge in [0, 0.05) is 11.0 Å². The molecule has 1 rings (SSSR count). The minimum absolute atomic E-state index is 0.718. The number of nitrogens with zero attached hydrogens (tertiary/aromatic N) is 1. The average molecular weight is 315 g/mol. The molecule has 0 aromatic heterocycles.